The molecule has 0 atom stereocenters. The zero-order chi connectivity index (χ0) is 16.9. The molecule has 0 heterocycles. The summed E-state index contributed by atoms with van der Waals surface area (Å²) in [6, 6.07) is 15.3. The van der Waals surface area contributed by atoms with Crippen LogP contribution in [0.3, 0.4) is 0 Å². The summed E-state index contributed by atoms with van der Waals surface area (Å²) in [5.74, 6) is 0.697. The van der Waals surface area contributed by atoms with Gasteiger partial charge in [-0.25, -0.2) is 0 Å². The average molecular weight is 312 g/mol. The lowest BCUT2D eigenvalue weighted by molar-refractivity contribution is -0.120. The predicted molar refractivity (Wildman–Crippen MR) is 93.8 cm³/mol. The molecule has 0 aliphatic rings. The number of hydrogen-bond acceptors (Lipinski definition) is 3. The molecule has 23 heavy (non-hydrogen) atoms. The Kier molecular flexibility index (Phi) is 5.40. The van der Waals surface area contributed by atoms with Gasteiger partial charge >= 0.3 is 0 Å². The Bertz CT molecular complexity index is 646. The summed E-state index contributed by atoms with van der Waals surface area (Å²) in [4.78, 5) is 12.6. The molecule has 1 amide bonds. The molecule has 0 radical (unpaired) electrons. The first kappa shape index (κ1) is 17.0. The minimum Gasteiger partial charge on any atom is -0.492 e. The number of hydrogen-bond donors (Lipinski definition) is 2. The van der Waals surface area contributed by atoms with Gasteiger partial charge in [-0.3, -0.25) is 4.79 Å². The maximum Gasteiger partial charge on any atom is 0.234 e. The molecule has 0 saturated heterocycles. The van der Waals surface area contributed by atoms with Gasteiger partial charge in [0.05, 0.1) is 5.41 Å². The van der Waals surface area contributed by atoms with Crippen LogP contribution in [0.15, 0.2) is 48.5 Å². The van der Waals surface area contributed by atoms with Crippen LogP contribution in [-0.4, -0.2) is 19.1 Å². The zero-order valence-corrected chi connectivity index (χ0v) is 13.9. The molecule has 0 aromatic heterocycles. The van der Waals surface area contributed by atoms with Crippen molar-refractivity contribution in [2.24, 2.45) is 5.73 Å². The fourth-order valence-electron chi connectivity index (χ4n) is 2.20. The number of ether oxygens (including phenoxy) is 1. The summed E-state index contributed by atoms with van der Waals surface area (Å²) < 4.78 is 5.43. The average Bonchev–Trinajstić information content (AvgIpc) is 2.54. The van der Waals surface area contributed by atoms with Crippen LogP contribution in [0.1, 0.15) is 25.0 Å². The highest BCUT2D eigenvalue weighted by atomic mass is 16.5. The van der Waals surface area contributed by atoms with Crippen molar-refractivity contribution in [3.05, 3.63) is 59.7 Å². The zero-order valence-electron chi connectivity index (χ0n) is 13.9. The number of benzene rings is 2. The fraction of sp³-hybridized carbons (Fsp3) is 0.316. The molecule has 2 aromatic rings. The van der Waals surface area contributed by atoms with Crippen LogP contribution < -0.4 is 15.8 Å². The Morgan fingerprint density at radius 2 is 1.70 bits per heavy atom. The molecular formula is C19H24N2O2. The van der Waals surface area contributed by atoms with E-state index in [1.165, 1.54) is 5.56 Å². The minimum atomic E-state index is -0.609. The van der Waals surface area contributed by atoms with E-state index in [1.54, 1.807) is 0 Å². The van der Waals surface area contributed by atoms with Crippen molar-refractivity contribution in [1.29, 1.82) is 0 Å². The lowest BCUT2D eigenvalue weighted by Gasteiger charge is -2.24. The number of amides is 1. The van der Waals surface area contributed by atoms with Crippen LogP contribution in [-0.2, 0) is 10.2 Å². The van der Waals surface area contributed by atoms with E-state index in [0.29, 0.717) is 13.2 Å². The SMILES string of the molecule is Cc1ccc(C(C)(C)C(=O)Nc2ccc(OCCN)cc2)cc1. The molecule has 0 aliphatic carbocycles. The Labute approximate surface area is 137 Å². The Morgan fingerprint density at radius 1 is 1.09 bits per heavy atom. The molecule has 122 valence electrons. The van der Waals surface area contributed by atoms with Gasteiger partial charge in [-0.05, 0) is 50.6 Å². The third-order valence-corrected chi connectivity index (χ3v) is 3.84. The summed E-state index contributed by atoms with van der Waals surface area (Å²) in [5, 5.41) is 2.96. The van der Waals surface area contributed by atoms with Gasteiger partial charge in [0, 0.05) is 12.2 Å². The standard InChI is InChI=1S/C19H24N2O2/c1-14-4-6-15(7-5-14)19(2,3)18(22)21-16-8-10-17(11-9-16)23-13-12-20/h4-11H,12-13,20H2,1-3H3,(H,21,22). The van der Waals surface area contributed by atoms with Crippen molar-refractivity contribution >= 4 is 11.6 Å². The van der Waals surface area contributed by atoms with Gasteiger partial charge < -0.3 is 15.8 Å². The summed E-state index contributed by atoms with van der Waals surface area (Å²) in [6.45, 7) is 6.83. The summed E-state index contributed by atoms with van der Waals surface area (Å²) in [6.07, 6.45) is 0. The molecule has 0 saturated carbocycles. The van der Waals surface area contributed by atoms with Crippen LogP contribution in [0.25, 0.3) is 0 Å². The van der Waals surface area contributed by atoms with Crippen molar-refractivity contribution in [1.82, 2.24) is 0 Å². The molecule has 4 heteroatoms. The largest absolute Gasteiger partial charge is 0.492 e. The van der Waals surface area contributed by atoms with E-state index >= 15 is 0 Å². The first-order valence-corrected chi connectivity index (χ1v) is 7.75. The molecule has 0 aliphatic heterocycles. The van der Waals surface area contributed by atoms with Crippen molar-refractivity contribution in [2.75, 3.05) is 18.5 Å². The van der Waals surface area contributed by atoms with Crippen molar-refractivity contribution in [2.45, 2.75) is 26.2 Å². The van der Waals surface area contributed by atoms with Crippen molar-refractivity contribution in [3.63, 3.8) is 0 Å². The topological polar surface area (TPSA) is 64.3 Å². The fourth-order valence-corrected chi connectivity index (χ4v) is 2.20. The molecule has 2 aromatic carbocycles. The molecular weight excluding hydrogens is 288 g/mol. The van der Waals surface area contributed by atoms with E-state index < -0.39 is 5.41 Å². The van der Waals surface area contributed by atoms with Crippen LogP contribution in [0.5, 0.6) is 5.75 Å². The Hall–Kier alpha value is -2.33. The highest BCUT2D eigenvalue weighted by Gasteiger charge is 2.29. The molecule has 3 N–H and O–H groups in total. The minimum absolute atomic E-state index is 0.0445. The van der Waals surface area contributed by atoms with Crippen LogP contribution >= 0.6 is 0 Å². The number of nitrogens with two attached hydrogens (primary N) is 1. The smallest absolute Gasteiger partial charge is 0.234 e. The lowest BCUT2D eigenvalue weighted by atomic mass is 9.83. The van der Waals surface area contributed by atoms with E-state index in [-0.39, 0.29) is 5.91 Å². The van der Waals surface area contributed by atoms with Gasteiger partial charge in [0.25, 0.3) is 0 Å². The number of nitrogens with one attached hydrogen (secondary N) is 1. The van der Waals surface area contributed by atoms with Crippen LogP contribution in [0, 0.1) is 6.92 Å². The summed E-state index contributed by atoms with van der Waals surface area (Å²) in [7, 11) is 0. The predicted octanol–water partition coefficient (Wildman–Crippen LogP) is 3.25. The van der Waals surface area contributed by atoms with Crippen LogP contribution in [0.2, 0.25) is 0 Å². The van der Waals surface area contributed by atoms with Gasteiger partial charge in [-0.15, -0.1) is 0 Å². The van der Waals surface area contributed by atoms with Crippen LogP contribution in [0.4, 0.5) is 5.69 Å². The number of aryl methyl sites for hydroxylation is 1. The van der Waals surface area contributed by atoms with E-state index in [4.69, 9.17) is 10.5 Å². The Balaban J connectivity index is 2.06. The molecule has 2 rings (SSSR count). The molecule has 0 fully saturated rings. The maximum absolute atomic E-state index is 12.6. The van der Waals surface area contributed by atoms with Gasteiger partial charge in [-0.1, -0.05) is 29.8 Å². The number of anilines is 1. The van der Waals surface area contributed by atoms with Gasteiger partial charge in [-0.2, -0.15) is 0 Å². The summed E-state index contributed by atoms with van der Waals surface area (Å²) >= 11 is 0. The second kappa shape index (κ2) is 7.29. The normalized spacial score (nSPS) is 11.1. The second-order valence-electron chi connectivity index (χ2n) is 6.11. The van der Waals surface area contributed by atoms with Crippen molar-refractivity contribution in [3.8, 4) is 5.75 Å². The Morgan fingerprint density at radius 3 is 2.26 bits per heavy atom. The first-order chi connectivity index (χ1) is 10.9. The highest BCUT2D eigenvalue weighted by Crippen LogP contribution is 2.26. The van der Waals surface area contributed by atoms with Gasteiger partial charge in [0.2, 0.25) is 5.91 Å². The monoisotopic (exact) mass is 312 g/mol. The van der Waals surface area contributed by atoms with Gasteiger partial charge in [0.15, 0.2) is 0 Å². The third kappa shape index (κ3) is 4.33. The highest BCUT2D eigenvalue weighted by molar-refractivity contribution is 5.98. The van der Waals surface area contributed by atoms with E-state index in [1.807, 2.05) is 69.3 Å². The third-order valence-electron chi connectivity index (χ3n) is 3.84. The second-order valence-corrected chi connectivity index (χ2v) is 6.11. The maximum atomic E-state index is 12.6. The quantitative estimate of drug-likeness (QED) is 0.860. The molecule has 0 unspecified atom stereocenters. The van der Waals surface area contributed by atoms with E-state index in [0.717, 1.165) is 17.0 Å². The number of rotatable bonds is 6. The van der Waals surface area contributed by atoms with E-state index in [2.05, 4.69) is 5.32 Å². The lowest BCUT2D eigenvalue weighted by Crippen LogP contribution is -2.34. The number of carbonyl (C=O) groups is 1. The first-order valence-electron chi connectivity index (χ1n) is 7.75. The number of carbonyl (C=O) groups excluding carboxylic acids is 1. The summed E-state index contributed by atoms with van der Waals surface area (Å²) in [5.41, 5.74) is 7.71. The molecule has 4 nitrogen and oxygen atoms in total. The van der Waals surface area contributed by atoms with E-state index in [9.17, 15) is 4.79 Å². The van der Waals surface area contributed by atoms with Gasteiger partial charge in [0.1, 0.15) is 12.4 Å². The molecule has 0 spiro atoms. The van der Waals surface area contributed by atoms with Crippen molar-refractivity contribution < 1.29 is 9.53 Å². The molecule has 0 bridgehead atoms.